The summed E-state index contributed by atoms with van der Waals surface area (Å²) < 4.78 is 5.48. The van der Waals surface area contributed by atoms with Crippen LogP contribution in [0.2, 0.25) is 0 Å². The lowest BCUT2D eigenvalue weighted by atomic mass is 9.99. The normalized spacial score (nSPS) is 12.5. The summed E-state index contributed by atoms with van der Waals surface area (Å²) in [4.78, 5) is 8.92. The average molecular weight is 192 g/mol. The molecule has 0 aliphatic rings. The molecule has 0 saturated heterocycles. The van der Waals surface area contributed by atoms with E-state index in [1.807, 2.05) is 0 Å². The van der Waals surface area contributed by atoms with Gasteiger partial charge >= 0.3 is 0 Å². The summed E-state index contributed by atoms with van der Waals surface area (Å²) >= 11 is 0. The molecule has 0 radical (unpaired) electrons. The van der Waals surface area contributed by atoms with Crippen molar-refractivity contribution in [1.29, 1.82) is 0 Å². The largest absolute Gasteiger partial charge is 0.373 e. The summed E-state index contributed by atoms with van der Waals surface area (Å²) in [5, 5.41) is 0. The molecule has 0 aromatic rings. The van der Waals surface area contributed by atoms with Crippen molar-refractivity contribution < 1.29 is 14.4 Å². The molecule has 13 heavy (non-hydrogen) atoms. The molecule has 0 atom stereocenters. The molecule has 0 bridgehead atoms. The molecule has 0 amide bonds. The fraction of sp³-hybridized carbons (Fsp3) is 1.00. The van der Waals surface area contributed by atoms with Crippen LogP contribution in [0, 0.1) is 5.41 Å². The average Bonchev–Trinajstić information content (AvgIpc) is 2.00. The maximum Gasteiger partial charge on any atom is 0.108 e. The van der Waals surface area contributed by atoms with Gasteiger partial charge in [0, 0.05) is 0 Å². The highest BCUT2D eigenvalue weighted by Crippen LogP contribution is 2.14. The molecule has 5 nitrogen and oxygen atoms in total. The van der Waals surface area contributed by atoms with Crippen LogP contribution in [-0.2, 0) is 14.4 Å². The third kappa shape index (κ3) is 8.14. The van der Waals surface area contributed by atoms with Crippen molar-refractivity contribution in [2.24, 2.45) is 17.2 Å². The maximum atomic E-state index is 5.48. The third-order valence-corrected chi connectivity index (χ3v) is 1.32. The maximum absolute atomic E-state index is 5.48. The van der Waals surface area contributed by atoms with Crippen molar-refractivity contribution >= 4 is 0 Å². The molecule has 0 fully saturated rings. The number of ether oxygens (including phenoxy) is 1. The number of hydrogen-bond acceptors (Lipinski definition) is 5. The minimum absolute atomic E-state index is 0.113. The molecule has 0 saturated carbocycles. The van der Waals surface area contributed by atoms with Gasteiger partial charge in [-0.25, -0.2) is 11.8 Å². The van der Waals surface area contributed by atoms with Crippen LogP contribution >= 0.6 is 0 Å². The van der Waals surface area contributed by atoms with Crippen LogP contribution in [0.3, 0.4) is 0 Å². The van der Waals surface area contributed by atoms with Crippen molar-refractivity contribution in [2.75, 3.05) is 19.8 Å². The van der Waals surface area contributed by atoms with Gasteiger partial charge < -0.3 is 14.4 Å². The van der Waals surface area contributed by atoms with E-state index in [4.69, 9.17) is 16.5 Å². The van der Waals surface area contributed by atoms with Crippen molar-refractivity contribution in [3.63, 3.8) is 0 Å². The summed E-state index contributed by atoms with van der Waals surface area (Å²) in [5.41, 5.74) is 0.113. The van der Waals surface area contributed by atoms with Gasteiger partial charge in [0.05, 0.1) is 19.8 Å². The Bertz CT molecular complexity index is 119. The smallest absolute Gasteiger partial charge is 0.108 e. The summed E-state index contributed by atoms with van der Waals surface area (Å²) in [6, 6.07) is 0. The van der Waals surface area contributed by atoms with Crippen LogP contribution in [-0.4, -0.2) is 25.9 Å². The van der Waals surface area contributed by atoms with Crippen molar-refractivity contribution in [2.45, 2.75) is 26.9 Å². The molecule has 0 heterocycles. The predicted molar refractivity (Wildman–Crippen MR) is 49.5 cm³/mol. The van der Waals surface area contributed by atoms with Gasteiger partial charge in [-0.05, 0) is 5.41 Å². The molecule has 0 unspecified atom stereocenters. The van der Waals surface area contributed by atoms with E-state index in [2.05, 4.69) is 30.4 Å². The Hall–Kier alpha value is -0.200. The van der Waals surface area contributed by atoms with Crippen LogP contribution in [0.25, 0.3) is 0 Å². The Morgan fingerprint density at radius 1 is 1.08 bits per heavy atom. The second kappa shape index (κ2) is 6.28. The molecule has 0 aliphatic carbocycles. The van der Waals surface area contributed by atoms with Crippen LogP contribution in [0.1, 0.15) is 20.8 Å². The molecule has 0 aromatic heterocycles. The first-order valence-electron chi connectivity index (χ1n) is 4.24. The SMILES string of the molecule is CC(C)(C)COC(CON)CON. The van der Waals surface area contributed by atoms with E-state index in [-0.39, 0.29) is 24.7 Å². The van der Waals surface area contributed by atoms with Gasteiger partial charge in [0.2, 0.25) is 0 Å². The molecule has 4 N–H and O–H groups in total. The summed E-state index contributed by atoms with van der Waals surface area (Å²) in [6.45, 7) is 7.43. The van der Waals surface area contributed by atoms with E-state index in [1.54, 1.807) is 0 Å². The predicted octanol–water partition coefficient (Wildman–Crippen LogP) is 0.198. The molecule has 0 aliphatic heterocycles. The van der Waals surface area contributed by atoms with Crippen molar-refractivity contribution in [1.82, 2.24) is 0 Å². The fourth-order valence-corrected chi connectivity index (χ4v) is 0.727. The van der Waals surface area contributed by atoms with Gasteiger partial charge in [0.15, 0.2) is 0 Å². The molecule has 5 heteroatoms. The van der Waals surface area contributed by atoms with Crippen LogP contribution < -0.4 is 11.8 Å². The molecule has 0 aromatic carbocycles. The van der Waals surface area contributed by atoms with Gasteiger partial charge in [-0.3, -0.25) is 0 Å². The van der Waals surface area contributed by atoms with Crippen LogP contribution in [0.15, 0.2) is 0 Å². The Morgan fingerprint density at radius 2 is 1.54 bits per heavy atom. The van der Waals surface area contributed by atoms with Gasteiger partial charge in [0.25, 0.3) is 0 Å². The van der Waals surface area contributed by atoms with Gasteiger partial charge in [-0.15, -0.1) is 0 Å². The Balaban J connectivity index is 3.68. The monoisotopic (exact) mass is 192 g/mol. The van der Waals surface area contributed by atoms with E-state index < -0.39 is 0 Å². The van der Waals surface area contributed by atoms with Crippen molar-refractivity contribution in [3.05, 3.63) is 0 Å². The standard InChI is InChI=1S/C8H20N2O3/c1-8(2,3)6-11-7(4-12-9)5-13-10/h7H,4-6,9-10H2,1-3H3. The number of rotatable bonds is 6. The first kappa shape index (κ1) is 12.8. The zero-order valence-electron chi connectivity index (χ0n) is 8.58. The topological polar surface area (TPSA) is 79.7 Å². The fourth-order valence-electron chi connectivity index (χ4n) is 0.727. The molecular weight excluding hydrogens is 172 g/mol. The molecular formula is C8H20N2O3. The van der Waals surface area contributed by atoms with Crippen molar-refractivity contribution in [3.8, 4) is 0 Å². The summed E-state index contributed by atoms with van der Waals surface area (Å²) in [7, 11) is 0. The number of hydrogen-bond donors (Lipinski definition) is 2. The van der Waals surface area contributed by atoms with E-state index in [0.29, 0.717) is 6.61 Å². The minimum atomic E-state index is -0.200. The second-order valence-corrected chi connectivity index (χ2v) is 4.16. The number of nitrogens with two attached hydrogens (primary N) is 2. The quantitative estimate of drug-likeness (QED) is 0.588. The van der Waals surface area contributed by atoms with E-state index in [9.17, 15) is 0 Å². The zero-order valence-corrected chi connectivity index (χ0v) is 8.58. The summed E-state index contributed by atoms with van der Waals surface area (Å²) in [5.74, 6) is 9.85. The van der Waals surface area contributed by atoms with E-state index in [0.717, 1.165) is 0 Å². The highest BCUT2D eigenvalue weighted by molar-refractivity contribution is 4.62. The van der Waals surface area contributed by atoms with Gasteiger partial charge in [0.1, 0.15) is 6.10 Å². The zero-order chi connectivity index (χ0) is 10.3. The lowest BCUT2D eigenvalue weighted by Crippen LogP contribution is -2.31. The Morgan fingerprint density at radius 3 is 1.85 bits per heavy atom. The Labute approximate surface area is 79.2 Å². The lowest BCUT2D eigenvalue weighted by molar-refractivity contribution is -0.0787. The molecule has 80 valence electrons. The first-order chi connectivity index (χ1) is 5.99. The van der Waals surface area contributed by atoms with Gasteiger partial charge in [-0.2, -0.15) is 0 Å². The molecule has 0 rings (SSSR count). The van der Waals surface area contributed by atoms with E-state index in [1.165, 1.54) is 0 Å². The highest BCUT2D eigenvalue weighted by atomic mass is 16.6. The van der Waals surface area contributed by atoms with Crippen LogP contribution in [0.4, 0.5) is 0 Å². The highest BCUT2D eigenvalue weighted by Gasteiger charge is 2.15. The minimum Gasteiger partial charge on any atom is -0.373 e. The first-order valence-corrected chi connectivity index (χ1v) is 4.24. The lowest BCUT2D eigenvalue weighted by Gasteiger charge is -2.22. The third-order valence-electron chi connectivity index (χ3n) is 1.32. The second-order valence-electron chi connectivity index (χ2n) is 4.16. The van der Waals surface area contributed by atoms with E-state index >= 15 is 0 Å². The Kier molecular flexibility index (Phi) is 6.19. The molecule has 0 spiro atoms. The van der Waals surface area contributed by atoms with Crippen LogP contribution in [0.5, 0.6) is 0 Å². The van der Waals surface area contributed by atoms with Gasteiger partial charge in [-0.1, -0.05) is 20.8 Å². The summed E-state index contributed by atoms with van der Waals surface area (Å²) in [6.07, 6.45) is -0.200.